The minimum atomic E-state index is -1.34. The zero-order valence-corrected chi connectivity index (χ0v) is 22.9. The topological polar surface area (TPSA) is 247 Å². The van der Waals surface area contributed by atoms with Gasteiger partial charge in [0.25, 0.3) is 0 Å². The van der Waals surface area contributed by atoms with E-state index in [4.69, 9.17) is 11.5 Å². The summed E-state index contributed by atoms with van der Waals surface area (Å²) in [5.74, 6) is -4.87. The number of amides is 5. The van der Waals surface area contributed by atoms with Crippen LogP contribution in [0.3, 0.4) is 0 Å². The van der Waals surface area contributed by atoms with E-state index in [1.165, 1.54) is 0 Å². The Balaban J connectivity index is 2.40. The number of rotatable bonds is 10. The summed E-state index contributed by atoms with van der Waals surface area (Å²) >= 11 is 0. The van der Waals surface area contributed by atoms with Crippen LogP contribution in [0.25, 0.3) is 0 Å². The minimum absolute atomic E-state index is 0.0590. The standard InChI is InChI=1S/C26H38N8O7/c1-2-16-23(39)34-19(13-15-7-4-3-5-8-15)25(41)33-18(10-11-21(36)37)24(40)32-17(9-6-12-29-26(27)28)22(38)30-14-20(35)31-16/h3-5,7-8,16-19H,2,6,9-14H2,1H3,(H,30,38)(H,31,35)(H,32,40)(H,33,41)(H,34,39)(H,36,37)(H4,27,28,29)/t16-,17-,18?,19+/m0/s1. The molecule has 5 amide bonds. The summed E-state index contributed by atoms with van der Waals surface area (Å²) < 4.78 is 0. The second-order valence-corrected chi connectivity index (χ2v) is 9.50. The molecular formula is C26H38N8O7. The van der Waals surface area contributed by atoms with Gasteiger partial charge in [0.05, 0.1) is 6.54 Å². The first-order chi connectivity index (χ1) is 19.5. The number of carbonyl (C=O) groups is 6. The van der Waals surface area contributed by atoms with Crippen molar-refractivity contribution in [2.75, 3.05) is 13.1 Å². The van der Waals surface area contributed by atoms with E-state index in [1.807, 2.05) is 0 Å². The number of nitrogens with zero attached hydrogens (tertiary/aromatic N) is 1. The molecule has 1 saturated heterocycles. The summed E-state index contributed by atoms with van der Waals surface area (Å²) in [6.45, 7) is 1.35. The van der Waals surface area contributed by atoms with Crippen molar-refractivity contribution in [2.24, 2.45) is 16.5 Å². The van der Waals surface area contributed by atoms with E-state index >= 15 is 0 Å². The van der Waals surface area contributed by atoms with Gasteiger partial charge in [0.1, 0.15) is 24.2 Å². The monoisotopic (exact) mass is 574 g/mol. The smallest absolute Gasteiger partial charge is 0.303 e. The highest BCUT2D eigenvalue weighted by molar-refractivity contribution is 5.97. The summed E-state index contributed by atoms with van der Waals surface area (Å²) in [5, 5.41) is 21.9. The lowest BCUT2D eigenvalue weighted by atomic mass is 10.0. The molecule has 0 saturated carbocycles. The molecule has 1 aromatic rings. The molecule has 41 heavy (non-hydrogen) atoms. The lowest BCUT2D eigenvalue weighted by Crippen LogP contribution is -2.58. The van der Waals surface area contributed by atoms with E-state index in [2.05, 4.69) is 31.6 Å². The molecule has 0 radical (unpaired) electrons. The van der Waals surface area contributed by atoms with Gasteiger partial charge in [-0.25, -0.2) is 0 Å². The van der Waals surface area contributed by atoms with Crippen LogP contribution in [0.4, 0.5) is 0 Å². The number of hydrogen-bond acceptors (Lipinski definition) is 7. The highest BCUT2D eigenvalue weighted by atomic mass is 16.4. The van der Waals surface area contributed by atoms with Gasteiger partial charge in [-0.15, -0.1) is 0 Å². The molecule has 1 aliphatic rings. The van der Waals surface area contributed by atoms with Gasteiger partial charge < -0.3 is 43.2 Å². The van der Waals surface area contributed by atoms with Gasteiger partial charge in [-0.05, 0) is 31.2 Å². The average Bonchev–Trinajstić information content (AvgIpc) is 2.93. The number of hydrogen-bond donors (Lipinski definition) is 8. The first-order valence-corrected chi connectivity index (χ1v) is 13.3. The van der Waals surface area contributed by atoms with Crippen LogP contribution in [0, 0.1) is 0 Å². The number of benzene rings is 1. The number of aliphatic imine (C=N–C) groups is 1. The van der Waals surface area contributed by atoms with Crippen molar-refractivity contribution < 1.29 is 33.9 Å². The van der Waals surface area contributed by atoms with Crippen molar-refractivity contribution in [2.45, 2.75) is 69.6 Å². The van der Waals surface area contributed by atoms with Gasteiger partial charge in [0.15, 0.2) is 5.96 Å². The van der Waals surface area contributed by atoms with Crippen LogP contribution in [0.5, 0.6) is 0 Å². The summed E-state index contributed by atoms with van der Waals surface area (Å²) in [5.41, 5.74) is 11.4. The van der Waals surface area contributed by atoms with Crippen LogP contribution in [-0.2, 0) is 35.2 Å². The second-order valence-electron chi connectivity index (χ2n) is 9.50. The zero-order valence-electron chi connectivity index (χ0n) is 22.9. The molecule has 2 rings (SSSR count). The maximum atomic E-state index is 13.4. The predicted octanol–water partition coefficient (Wildman–Crippen LogP) is -2.37. The maximum Gasteiger partial charge on any atom is 0.303 e. The fraction of sp³-hybridized carbons (Fsp3) is 0.500. The van der Waals surface area contributed by atoms with Crippen LogP contribution >= 0.6 is 0 Å². The van der Waals surface area contributed by atoms with Crippen LogP contribution in [0.2, 0.25) is 0 Å². The SMILES string of the molecule is CC[C@@H]1NC(=O)CNC(=O)[C@H](CCCN=C(N)N)NC(=O)C(CCC(=O)O)NC(=O)[C@@H](Cc2ccccc2)NC1=O. The number of nitrogens with two attached hydrogens (primary N) is 2. The Hall–Kier alpha value is -4.69. The largest absolute Gasteiger partial charge is 0.481 e. The van der Waals surface area contributed by atoms with Gasteiger partial charge in [-0.3, -0.25) is 33.8 Å². The Bertz CT molecular complexity index is 1120. The van der Waals surface area contributed by atoms with Gasteiger partial charge in [-0.2, -0.15) is 0 Å². The Morgan fingerprint density at radius 1 is 0.854 bits per heavy atom. The fourth-order valence-electron chi connectivity index (χ4n) is 4.07. The molecule has 1 fully saturated rings. The van der Waals surface area contributed by atoms with Crippen molar-refractivity contribution in [1.29, 1.82) is 0 Å². The van der Waals surface area contributed by atoms with E-state index < -0.39 is 72.6 Å². The third-order valence-electron chi connectivity index (χ3n) is 6.26. The lowest BCUT2D eigenvalue weighted by molar-refractivity contribution is -0.138. The number of guanidine groups is 1. The molecule has 1 unspecified atom stereocenters. The lowest BCUT2D eigenvalue weighted by Gasteiger charge is -2.25. The molecule has 0 aromatic heterocycles. The van der Waals surface area contributed by atoms with E-state index in [1.54, 1.807) is 37.3 Å². The Kier molecular flexibility index (Phi) is 13.0. The third-order valence-corrected chi connectivity index (χ3v) is 6.26. The van der Waals surface area contributed by atoms with Gasteiger partial charge in [-0.1, -0.05) is 37.3 Å². The molecule has 1 aromatic carbocycles. The van der Waals surface area contributed by atoms with Crippen molar-refractivity contribution in [1.82, 2.24) is 26.6 Å². The number of carbonyl (C=O) groups excluding carboxylic acids is 5. The predicted molar refractivity (Wildman–Crippen MR) is 148 cm³/mol. The van der Waals surface area contributed by atoms with E-state index in [0.717, 1.165) is 0 Å². The summed E-state index contributed by atoms with van der Waals surface area (Å²) in [6, 6.07) is 4.17. The van der Waals surface area contributed by atoms with Crippen LogP contribution in [0.1, 0.15) is 44.6 Å². The minimum Gasteiger partial charge on any atom is -0.481 e. The number of nitrogens with one attached hydrogen (secondary N) is 5. The third kappa shape index (κ3) is 11.5. The van der Waals surface area contributed by atoms with Crippen LogP contribution in [-0.4, -0.2) is 83.8 Å². The quantitative estimate of drug-likeness (QED) is 0.0843. The molecule has 0 aliphatic carbocycles. The molecule has 224 valence electrons. The van der Waals surface area contributed by atoms with E-state index in [9.17, 15) is 33.9 Å². The average molecular weight is 575 g/mol. The van der Waals surface area contributed by atoms with E-state index in [-0.39, 0.29) is 44.6 Å². The molecule has 0 bridgehead atoms. The second kappa shape index (κ2) is 16.4. The molecule has 10 N–H and O–H groups in total. The fourth-order valence-corrected chi connectivity index (χ4v) is 4.07. The molecule has 4 atom stereocenters. The first kappa shape index (κ1) is 32.5. The zero-order chi connectivity index (χ0) is 30.4. The van der Waals surface area contributed by atoms with E-state index in [0.29, 0.717) is 5.56 Å². The molecular weight excluding hydrogens is 536 g/mol. The number of aliphatic carboxylic acids is 1. The van der Waals surface area contributed by atoms with Gasteiger partial charge in [0, 0.05) is 19.4 Å². The number of carboxylic acid groups (broad SMARTS) is 1. The highest BCUT2D eigenvalue weighted by Gasteiger charge is 2.32. The Morgan fingerprint density at radius 2 is 1.44 bits per heavy atom. The van der Waals surface area contributed by atoms with Crippen molar-refractivity contribution in [3.05, 3.63) is 35.9 Å². The molecule has 0 spiro atoms. The van der Waals surface area contributed by atoms with Crippen molar-refractivity contribution in [3.8, 4) is 0 Å². The van der Waals surface area contributed by atoms with Crippen molar-refractivity contribution >= 4 is 41.5 Å². The summed E-state index contributed by atoms with van der Waals surface area (Å²) in [6.07, 6.45) is -0.123. The van der Waals surface area contributed by atoms with Gasteiger partial charge >= 0.3 is 5.97 Å². The normalized spacial score (nSPS) is 22.5. The molecule has 15 nitrogen and oxygen atoms in total. The summed E-state index contributed by atoms with van der Waals surface area (Å²) in [4.78, 5) is 80.4. The van der Waals surface area contributed by atoms with Gasteiger partial charge in [0.2, 0.25) is 29.5 Å². The molecule has 15 heteroatoms. The van der Waals surface area contributed by atoms with Crippen LogP contribution < -0.4 is 38.1 Å². The maximum absolute atomic E-state index is 13.4. The number of carboxylic acids is 1. The molecule has 1 heterocycles. The Morgan fingerprint density at radius 3 is 2.05 bits per heavy atom. The first-order valence-electron chi connectivity index (χ1n) is 13.3. The summed E-state index contributed by atoms with van der Waals surface area (Å²) in [7, 11) is 0. The molecule has 1 aliphatic heterocycles. The van der Waals surface area contributed by atoms with Crippen molar-refractivity contribution in [3.63, 3.8) is 0 Å². The highest BCUT2D eigenvalue weighted by Crippen LogP contribution is 2.08. The Labute approximate surface area is 237 Å². The van der Waals surface area contributed by atoms with Crippen LogP contribution in [0.15, 0.2) is 35.3 Å².